The van der Waals surface area contributed by atoms with Gasteiger partial charge in [-0.25, -0.2) is 0 Å². The molecule has 0 saturated carbocycles. The van der Waals surface area contributed by atoms with E-state index in [2.05, 4.69) is 4.98 Å². The van der Waals surface area contributed by atoms with Crippen LogP contribution in [0.25, 0.3) is 5.76 Å². The Hall–Kier alpha value is -4.53. The lowest BCUT2D eigenvalue weighted by atomic mass is 9.94. The summed E-state index contributed by atoms with van der Waals surface area (Å²) in [5, 5.41) is 11.4. The molecule has 1 saturated heterocycles. The van der Waals surface area contributed by atoms with E-state index in [0.29, 0.717) is 34.1 Å². The van der Waals surface area contributed by atoms with Crippen molar-refractivity contribution in [2.45, 2.75) is 19.5 Å². The van der Waals surface area contributed by atoms with E-state index in [9.17, 15) is 14.7 Å². The number of methoxy groups -OCH3 is 4. The number of amides is 1. The Morgan fingerprint density at radius 2 is 1.51 bits per heavy atom. The maximum absolute atomic E-state index is 13.4. The number of Topliss-reactive ketones (excluding diaryl/α,β-unsaturated/α-hetero) is 1. The van der Waals surface area contributed by atoms with E-state index in [0.717, 1.165) is 11.1 Å². The second-order valence-corrected chi connectivity index (χ2v) is 8.43. The van der Waals surface area contributed by atoms with E-state index >= 15 is 0 Å². The number of aryl methyl sites for hydroxylation is 1. The first-order valence-electron chi connectivity index (χ1n) is 11.5. The summed E-state index contributed by atoms with van der Waals surface area (Å²) in [6, 6.07) is 11.0. The number of hydrogen-bond donors (Lipinski definition) is 1. The average molecular weight is 505 g/mol. The number of aromatic nitrogens is 1. The molecule has 1 aromatic heterocycles. The molecule has 1 aliphatic heterocycles. The molecule has 2 aromatic carbocycles. The zero-order valence-corrected chi connectivity index (χ0v) is 21.3. The van der Waals surface area contributed by atoms with E-state index in [1.165, 1.54) is 26.2 Å². The van der Waals surface area contributed by atoms with Gasteiger partial charge in [-0.2, -0.15) is 0 Å². The predicted molar refractivity (Wildman–Crippen MR) is 136 cm³/mol. The summed E-state index contributed by atoms with van der Waals surface area (Å²) in [5.41, 5.74) is 2.39. The quantitative estimate of drug-likeness (QED) is 0.278. The molecule has 192 valence electrons. The van der Waals surface area contributed by atoms with Gasteiger partial charge in [-0.15, -0.1) is 0 Å². The normalized spacial score (nSPS) is 16.6. The third-order valence-corrected chi connectivity index (χ3v) is 6.31. The van der Waals surface area contributed by atoms with Crippen LogP contribution in [-0.4, -0.2) is 55.1 Å². The molecule has 1 atom stereocenters. The SMILES string of the molecule is COc1ccc(/C(O)=C2\C(=O)C(=O)N(Cc3ccncc3)C2c2cc(OC)c(OC)c(OC)c2)cc1C. The van der Waals surface area contributed by atoms with Crippen LogP contribution in [0.5, 0.6) is 23.0 Å². The summed E-state index contributed by atoms with van der Waals surface area (Å²) in [6.07, 6.45) is 3.22. The molecule has 4 rings (SSSR count). The van der Waals surface area contributed by atoms with Crippen LogP contribution in [0.4, 0.5) is 0 Å². The molecule has 0 bridgehead atoms. The van der Waals surface area contributed by atoms with E-state index in [-0.39, 0.29) is 17.9 Å². The lowest BCUT2D eigenvalue weighted by Crippen LogP contribution is -2.29. The van der Waals surface area contributed by atoms with Crippen molar-refractivity contribution in [3.8, 4) is 23.0 Å². The molecule has 1 aliphatic rings. The van der Waals surface area contributed by atoms with Gasteiger partial charge in [0.2, 0.25) is 5.75 Å². The highest BCUT2D eigenvalue weighted by Crippen LogP contribution is 2.46. The molecule has 9 heteroatoms. The van der Waals surface area contributed by atoms with Gasteiger partial charge in [-0.3, -0.25) is 14.6 Å². The van der Waals surface area contributed by atoms with Gasteiger partial charge in [0, 0.05) is 24.5 Å². The highest BCUT2D eigenvalue weighted by atomic mass is 16.5. The molecule has 2 heterocycles. The lowest BCUT2D eigenvalue weighted by Gasteiger charge is -2.26. The third-order valence-electron chi connectivity index (χ3n) is 6.31. The van der Waals surface area contributed by atoms with Crippen LogP contribution in [0.15, 0.2) is 60.4 Å². The highest BCUT2D eigenvalue weighted by Gasteiger charge is 2.46. The monoisotopic (exact) mass is 504 g/mol. The maximum Gasteiger partial charge on any atom is 0.295 e. The fourth-order valence-corrected chi connectivity index (χ4v) is 4.52. The first kappa shape index (κ1) is 25.6. The summed E-state index contributed by atoms with van der Waals surface area (Å²) in [4.78, 5) is 32.2. The minimum absolute atomic E-state index is 0.0436. The fourth-order valence-electron chi connectivity index (χ4n) is 4.52. The molecule has 1 N–H and O–H groups in total. The van der Waals surface area contributed by atoms with Gasteiger partial charge in [0.25, 0.3) is 11.7 Å². The second kappa shape index (κ2) is 10.6. The number of carbonyl (C=O) groups excluding carboxylic acids is 2. The van der Waals surface area contributed by atoms with Gasteiger partial charge in [-0.1, -0.05) is 0 Å². The molecule has 37 heavy (non-hydrogen) atoms. The minimum atomic E-state index is -0.927. The number of ketones is 1. The van der Waals surface area contributed by atoms with Crippen LogP contribution in [0.3, 0.4) is 0 Å². The van der Waals surface area contributed by atoms with Gasteiger partial charge in [0.1, 0.15) is 11.5 Å². The van der Waals surface area contributed by atoms with Crippen LogP contribution in [-0.2, 0) is 16.1 Å². The topological polar surface area (TPSA) is 107 Å². The molecular weight excluding hydrogens is 476 g/mol. The summed E-state index contributed by atoms with van der Waals surface area (Å²) in [6.45, 7) is 1.95. The number of hydrogen-bond acceptors (Lipinski definition) is 8. The first-order chi connectivity index (χ1) is 17.8. The van der Waals surface area contributed by atoms with E-state index in [1.807, 2.05) is 6.92 Å². The Kier molecular flexibility index (Phi) is 7.33. The number of nitrogens with zero attached hydrogens (tertiary/aromatic N) is 2. The van der Waals surface area contributed by atoms with Crippen LogP contribution >= 0.6 is 0 Å². The van der Waals surface area contributed by atoms with Crippen molar-refractivity contribution < 1.29 is 33.6 Å². The maximum atomic E-state index is 13.4. The molecular formula is C28H28N2O7. The number of benzene rings is 2. The number of carbonyl (C=O) groups is 2. The molecule has 0 aliphatic carbocycles. The lowest BCUT2D eigenvalue weighted by molar-refractivity contribution is -0.140. The van der Waals surface area contributed by atoms with Crippen LogP contribution < -0.4 is 18.9 Å². The third kappa shape index (κ3) is 4.67. The van der Waals surface area contributed by atoms with Crippen molar-refractivity contribution >= 4 is 17.4 Å². The Morgan fingerprint density at radius 1 is 0.892 bits per heavy atom. The van der Waals surface area contributed by atoms with E-state index in [1.54, 1.807) is 62.0 Å². The molecule has 3 aromatic rings. The summed E-state index contributed by atoms with van der Waals surface area (Å²) in [5.74, 6) is -0.110. The Bertz CT molecular complexity index is 1340. The molecule has 1 fully saturated rings. The molecule has 9 nitrogen and oxygen atoms in total. The predicted octanol–water partition coefficient (Wildman–Crippen LogP) is 4.05. The molecule has 1 unspecified atom stereocenters. The second-order valence-electron chi connectivity index (χ2n) is 8.43. The van der Waals surface area contributed by atoms with Gasteiger partial charge in [0.15, 0.2) is 11.5 Å². The van der Waals surface area contributed by atoms with Gasteiger partial charge < -0.3 is 29.0 Å². The largest absolute Gasteiger partial charge is 0.507 e. The van der Waals surface area contributed by atoms with Crippen molar-refractivity contribution in [1.82, 2.24) is 9.88 Å². The zero-order valence-electron chi connectivity index (χ0n) is 21.3. The van der Waals surface area contributed by atoms with Crippen molar-refractivity contribution in [2.24, 2.45) is 0 Å². The number of ether oxygens (including phenoxy) is 4. The first-order valence-corrected chi connectivity index (χ1v) is 11.5. The summed E-state index contributed by atoms with van der Waals surface area (Å²) < 4.78 is 21.8. The van der Waals surface area contributed by atoms with Crippen molar-refractivity contribution in [1.29, 1.82) is 0 Å². The Labute approximate surface area is 214 Å². The highest BCUT2D eigenvalue weighted by molar-refractivity contribution is 6.46. The van der Waals surface area contributed by atoms with Crippen molar-refractivity contribution in [3.05, 3.63) is 82.7 Å². The van der Waals surface area contributed by atoms with E-state index < -0.39 is 17.7 Å². The number of pyridine rings is 1. The van der Waals surface area contributed by atoms with Gasteiger partial charge in [0.05, 0.1) is 40.1 Å². The summed E-state index contributed by atoms with van der Waals surface area (Å²) in [7, 11) is 6.00. The number of aliphatic hydroxyl groups excluding tert-OH is 1. The molecule has 0 spiro atoms. The van der Waals surface area contributed by atoms with E-state index in [4.69, 9.17) is 18.9 Å². The van der Waals surface area contributed by atoms with Crippen molar-refractivity contribution in [2.75, 3.05) is 28.4 Å². The smallest absolute Gasteiger partial charge is 0.295 e. The number of rotatable bonds is 8. The molecule has 0 radical (unpaired) electrons. The number of aliphatic hydroxyl groups is 1. The standard InChI is InChI=1S/C28H28N2O7/c1-16-12-18(6-7-20(16)34-2)25(31)23-24(19-13-21(35-3)27(37-5)22(14-19)36-4)30(28(33)26(23)32)15-17-8-10-29-11-9-17/h6-14,24,31H,15H2,1-5H3/b25-23+. The van der Waals surface area contributed by atoms with Crippen LogP contribution in [0, 0.1) is 6.92 Å². The van der Waals surface area contributed by atoms with Crippen LogP contribution in [0.1, 0.15) is 28.3 Å². The van der Waals surface area contributed by atoms with Gasteiger partial charge in [-0.05, 0) is 66.1 Å². The summed E-state index contributed by atoms with van der Waals surface area (Å²) >= 11 is 0. The zero-order chi connectivity index (χ0) is 26.7. The Morgan fingerprint density at radius 3 is 2.05 bits per heavy atom. The molecule has 1 amide bonds. The van der Waals surface area contributed by atoms with Gasteiger partial charge >= 0.3 is 0 Å². The number of likely N-dealkylation sites (tertiary alicyclic amines) is 1. The average Bonchev–Trinajstić information content (AvgIpc) is 3.17. The van der Waals surface area contributed by atoms with Crippen molar-refractivity contribution in [3.63, 3.8) is 0 Å². The fraction of sp³-hybridized carbons (Fsp3) is 0.250. The van der Waals surface area contributed by atoms with Crippen LogP contribution in [0.2, 0.25) is 0 Å². The Balaban J connectivity index is 1.95. The minimum Gasteiger partial charge on any atom is -0.507 e.